The number of ether oxygens (including phenoxy) is 5. The van der Waals surface area contributed by atoms with Gasteiger partial charge in [-0.05, 0) is 105 Å². The van der Waals surface area contributed by atoms with Crippen molar-refractivity contribution >= 4 is 41.4 Å². The predicted octanol–water partition coefficient (Wildman–Crippen LogP) is 9.11. The summed E-state index contributed by atoms with van der Waals surface area (Å²) in [6.45, 7) is 23.1. The first-order chi connectivity index (χ1) is 26.9. The number of Topliss-reactive ketones (excluding diaryl/α,β-unsaturated/α-hetero) is 2. The minimum atomic E-state index is -1.70. The van der Waals surface area contributed by atoms with Crippen molar-refractivity contribution in [3.05, 3.63) is 0 Å². The third kappa shape index (κ3) is 13.1. The Morgan fingerprint density at radius 2 is 0.776 bits per heavy atom. The van der Waals surface area contributed by atoms with Gasteiger partial charge in [-0.3, -0.25) is 33.6 Å². The minimum absolute atomic E-state index is 0.00272. The van der Waals surface area contributed by atoms with Crippen molar-refractivity contribution in [3.8, 4) is 0 Å². The second kappa shape index (κ2) is 21.8. The second-order valence-electron chi connectivity index (χ2n) is 18.6. The summed E-state index contributed by atoms with van der Waals surface area (Å²) >= 11 is 0. The molecular weight excluding hydrogens is 744 g/mol. The molecule has 2 atom stereocenters. The van der Waals surface area contributed by atoms with E-state index in [1.54, 1.807) is 20.8 Å². The number of hydrogen-bond acceptors (Lipinski definition) is 12. The zero-order valence-corrected chi connectivity index (χ0v) is 38.6. The topological polar surface area (TPSA) is 166 Å². The van der Waals surface area contributed by atoms with Crippen LogP contribution in [0.5, 0.6) is 0 Å². The molecule has 1 saturated carbocycles. The molecule has 0 aromatic heterocycles. The Hall–Kier alpha value is -3.31. The van der Waals surface area contributed by atoms with E-state index in [-0.39, 0.29) is 37.4 Å². The Bertz CT molecular complexity index is 1400. The number of carbonyl (C=O) groups is 7. The average molecular weight is 823 g/mol. The molecule has 334 valence electrons. The van der Waals surface area contributed by atoms with Gasteiger partial charge in [0, 0.05) is 23.7 Å². The molecule has 58 heavy (non-hydrogen) atoms. The quantitative estimate of drug-likeness (QED) is 0.0520. The molecule has 0 amide bonds. The predicted molar refractivity (Wildman–Crippen MR) is 221 cm³/mol. The monoisotopic (exact) mass is 823 g/mol. The molecule has 1 aliphatic rings. The fourth-order valence-corrected chi connectivity index (χ4v) is 6.48. The lowest BCUT2D eigenvalue weighted by Gasteiger charge is -2.34. The van der Waals surface area contributed by atoms with Crippen molar-refractivity contribution in [1.29, 1.82) is 0 Å². The maximum atomic E-state index is 14.1. The van der Waals surface area contributed by atoms with Gasteiger partial charge in [0.15, 0.2) is 0 Å². The Labute approximate surface area is 349 Å². The first-order valence-corrected chi connectivity index (χ1v) is 21.8. The van der Waals surface area contributed by atoms with Crippen molar-refractivity contribution < 1.29 is 57.2 Å². The number of ketones is 2. The highest BCUT2D eigenvalue weighted by atomic mass is 16.6. The van der Waals surface area contributed by atoms with E-state index in [4.69, 9.17) is 23.7 Å². The van der Waals surface area contributed by atoms with Crippen LogP contribution in [0.1, 0.15) is 180 Å². The maximum Gasteiger partial charge on any atom is 0.318 e. The smallest absolute Gasteiger partial charge is 0.318 e. The van der Waals surface area contributed by atoms with E-state index in [2.05, 4.69) is 0 Å². The summed E-state index contributed by atoms with van der Waals surface area (Å²) in [6.07, 6.45) is 5.95. The first kappa shape index (κ1) is 52.7. The molecule has 0 heterocycles. The Morgan fingerprint density at radius 1 is 0.448 bits per heavy atom. The third-order valence-corrected chi connectivity index (χ3v) is 13.9. The van der Waals surface area contributed by atoms with Crippen molar-refractivity contribution in [3.63, 3.8) is 0 Å². The van der Waals surface area contributed by atoms with Crippen LogP contribution in [0.15, 0.2) is 0 Å². The molecule has 0 N–H and O–H groups in total. The van der Waals surface area contributed by atoms with Crippen molar-refractivity contribution in [1.82, 2.24) is 0 Å². The molecule has 0 radical (unpaired) electrons. The summed E-state index contributed by atoms with van der Waals surface area (Å²) in [6, 6.07) is 0. The number of esters is 5. The van der Waals surface area contributed by atoms with E-state index in [1.807, 2.05) is 62.3 Å². The molecule has 0 saturated heterocycles. The van der Waals surface area contributed by atoms with Crippen LogP contribution in [0.25, 0.3) is 0 Å². The molecule has 0 aliphatic heterocycles. The zero-order valence-electron chi connectivity index (χ0n) is 38.6. The standard InChI is InChI=1S/C46H78O12/c1-15-27-54-38(52)44(13,29-57-37(51)43(12,28-34(48)46(22-8)25-26-46)24-23-33(47)40(9,16-2)17-3)30-58-39(53)45(14,31-55-35(49)41(10,18-4)19-5)32-56-36(50)42(11,20-6)21-7/h15-32H2,1-14H3. The normalized spacial score (nSPS) is 16.2. The average Bonchev–Trinajstić information content (AvgIpc) is 4.04. The second-order valence-corrected chi connectivity index (χ2v) is 18.6. The molecule has 2 unspecified atom stereocenters. The van der Waals surface area contributed by atoms with Gasteiger partial charge in [-0.1, -0.05) is 62.3 Å². The maximum absolute atomic E-state index is 14.1. The van der Waals surface area contributed by atoms with Crippen LogP contribution >= 0.6 is 0 Å². The summed E-state index contributed by atoms with van der Waals surface area (Å²) in [5.41, 5.74) is -7.39. The number of carbonyl (C=O) groups excluding carboxylic acids is 7. The Balaban J connectivity index is 3.47. The van der Waals surface area contributed by atoms with Crippen LogP contribution in [0.3, 0.4) is 0 Å². The van der Waals surface area contributed by atoms with Gasteiger partial charge in [-0.15, -0.1) is 0 Å². The van der Waals surface area contributed by atoms with E-state index in [9.17, 15) is 33.6 Å². The van der Waals surface area contributed by atoms with Crippen LogP contribution in [0.2, 0.25) is 0 Å². The van der Waals surface area contributed by atoms with Gasteiger partial charge in [0.2, 0.25) is 0 Å². The highest BCUT2D eigenvalue weighted by molar-refractivity contribution is 5.93. The van der Waals surface area contributed by atoms with Crippen molar-refractivity contribution in [2.45, 2.75) is 180 Å². The van der Waals surface area contributed by atoms with Crippen LogP contribution in [-0.2, 0) is 57.2 Å². The van der Waals surface area contributed by atoms with E-state index in [1.165, 1.54) is 13.8 Å². The van der Waals surface area contributed by atoms with Gasteiger partial charge in [-0.2, -0.15) is 0 Å². The molecule has 12 heteroatoms. The van der Waals surface area contributed by atoms with Crippen LogP contribution in [0.4, 0.5) is 0 Å². The molecule has 0 aromatic rings. The molecule has 12 nitrogen and oxygen atoms in total. The molecule has 0 aromatic carbocycles. The summed E-state index contributed by atoms with van der Waals surface area (Å²) < 4.78 is 28.5. The largest absolute Gasteiger partial charge is 0.465 e. The minimum Gasteiger partial charge on any atom is -0.465 e. The fraction of sp³-hybridized carbons (Fsp3) is 0.848. The molecule has 0 spiro atoms. The van der Waals surface area contributed by atoms with Crippen molar-refractivity contribution in [2.24, 2.45) is 37.9 Å². The highest BCUT2D eigenvalue weighted by Crippen LogP contribution is 2.52. The molecule has 0 bridgehead atoms. The van der Waals surface area contributed by atoms with Crippen LogP contribution < -0.4 is 0 Å². The summed E-state index contributed by atoms with van der Waals surface area (Å²) in [5.74, 6) is -3.51. The van der Waals surface area contributed by atoms with Crippen LogP contribution in [-0.4, -0.2) is 74.4 Å². The molecule has 1 fully saturated rings. The van der Waals surface area contributed by atoms with Gasteiger partial charge in [0.05, 0.1) is 22.9 Å². The van der Waals surface area contributed by atoms with Gasteiger partial charge >= 0.3 is 29.8 Å². The summed E-state index contributed by atoms with van der Waals surface area (Å²) in [4.78, 5) is 95.2. The van der Waals surface area contributed by atoms with Gasteiger partial charge in [0.25, 0.3) is 0 Å². The molecule has 1 aliphatic carbocycles. The van der Waals surface area contributed by atoms with E-state index < -0.39 is 94.2 Å². The Kier molecular flexibility index (Phi) is 19.8. The highest BCUT2D eigenvalue weighted by Gasteiger charge is 2.52. The van der Waals surface area contributed by atoms with Crippen LogP contribution in [0, 0.1) is 37.9 Å². The van der Waals surface area contributed by atoms with Gasteiger partial charge in [-0.25, -0.2) is 0 Å². The Morgan fingerprint density at radius 3 is 1.09 bits per heavy atom. The lowest BCUT2D eigenvalue weighted by Crippen LogP contribution is -2.46. The van der Waals surface area contributed by atoms with Gasteiger partial charge in [0.1, 0.15) is 48.8 Å². The number of rotatable bonds is 29. The fourth-order valence-electron chi connectivity index (χ4n) is 6.48. The lowest BCUT2D eigenvalue weighted by atomic mass is 9.73. The molecule has 1 rings (SSSR count). The first-order valence-electron chi connectivity index (χ1n) is 21.8. The van der Waals surface area contributed by atoms with Crippen molar-refractivity contribution in [2.75, 3.05) is 33.0 Å². The SMILES string of the molecule is CCCOC(=O)C(C)(COC(=O)C(C)(COC(=O)C(C)(CC)CC)COC(=O)C(C)(CC)CC)COC(=O)C(C)(CCC(=O)C(C)(CC)CC)CC(=O)C1(CC)CC1. The van der Waals surface area contributed by atoms with Gasteiger partial charge < -0.3 is 23.7 Å². The zero-order chi connectivity index (χ0) is 44.8. The van der Waals surface area contributed by atoms with E-state index in [0.717, 1.165) is 12.8 Å². The van der Waals surface area contributed by atoms with E-state index in [0.29, 0.717) is 51.4 Å². The summed E-state index contributed by atoms with van der Waals surface area (Å²) in [5, 5.41) is 0. The van der Waals surface area contributed by atoms with E-state index >= 15 is 0 Å². The number of hydrogen-bond donors (Lipinski definition) is 0. The lowest BCUT2D eigenvalue weighted by molar-refractivity contribution is -0.182. The molecular formula is C46H78O12. The third-order valence-electron chi connectivity index (χ3n) is 13.9. The summed E-state index contributed by atoms with van der Waals surface area (Å²) in [7, 11) is 0.